The SMILES string of the molecule is C[C@H]1CN(C2CCN(C3(OC(=O)C(F)(F)F)NOC(=O)N3)CC2)[C@@H](Cc2ccc(Cl)cc2)CO1. The molecule has 4 rings (SSSR count). The number of halogens is 4. The van der Waals surface area contributed by atoms with Crippen molar-refractivity contribution >= 4 is 23.7 Å². The van der Waals surface area contributed by atoms with E-state index in [2.05, 4.69) is 25.3 Å². The number of nitrogens with zero attached hydrogens (tertiary/aromatic N) is 2. The van der Waals surface area contributed by atoms with E-state index in [0.717, 1.165) is 18.5 Å². The number of nitrogens with one attached hydrogen (secondary N) is 2. The van der Waals surface area contributed by atoms with E-state index in [4.69, 9.17) is 16.3 Å². The second kappa shape index (κ2) is 9.86. The van der Waals surface area contributed by atoms with E-state index in [1.54, 1.807) is 0 Å². The number of rotatable bonds is 5. The fourth-order valence-electron chi connectivity index (χ4n) is 4.65. The lowest BCUT2D eigenvalue weighted by atomic mass is 9.96. The van der Waals surface area contributed by atoms with E-state index < -0.39 is 24.2 Å². The summed E-state index contributed by atoms with van der Waals surface area (Å²) in [5.41, 5.74) is 3.25. The van der Waals surface area contributed by atoms with Gasteiger partial charge in [0.25, 0.3) is 0 Å². The molecule has 13 heteroatoms. The molecule has 0 saturated carbocycles. The van der Waals surface area contributed by atoms with Crippen molar-refractivity contribution in [2.45, 2.75) is 56.5 Å². The van der Waals surface area contributed by atoms with Crippen molar-refractivity contribution in [3.8, 4) is 0 Å². The zero-order valence-electron chi connectivity index (χ0n) is 18.4. The molecule has 3 aliphatic rings. The van der Waals surface area contributed by atoms with Crippen molar-refractivity contribution in [3.05, 3.63) is 34.9 Å². The zero-order valence-corrected chi connectivity index (χ0v) is 19.2. The number of ether oxygens (including phenoxy) is 2. The van der Waals surface area contributed by atoms with Gasteiger partial charge >= 0.3 is 24.2 Å². The van der Waals surface area contributed by atoms with Crippen molar-refractivity contribution in [3.63, 3.8) is 0 Å². The van der Waals surface area contributed by atoms with Crippen LogP contribution in [0.3, 0.4) is 0 Å². The van der Waals surface area contributed by atoms with Gasteiger partial charge in [-0.2, -0.15) is 13.2 Å². The number of hydroxylamine groups is 1. The Hall–Kier alpha value is -2.12. The predicted octanol–water partition coefficient (Wildman–Crippen LogP) is 2.40. The first-order valence-corrected chi connectivity index (χ1v) is 11.4. The van der Waals surface area contributed by atoms with Gasteiger partial charge in [-0.05, 0) is 43.9 Å². The summed E-state index contributed by atoms with van der Waals surface area (Å²) in [6, 6.07) is 7.91. The van der Waals surface area contributed by atoms with Crippen molar-refractivity contribution < 1.29 is 37.1 Å². The highest BCUT2D eigenvalue weighted by Gasteiger charge is 2.55. The lowest BCUT2D eigenvalue weighted by molar-refractivity contribution is -0.252. The van der Waals surface area contributed by atoms with Gasteiger partial charge in [0.15, 0.2) is 0 Å². The quantitative estimate of drug-likeness (QED) is 0.588. The third-order valence-electron chi connectivity index (χ3n) is 6.30. The van der Waals surface area contributed by atoms with E-state index in [0.29, 0.717) is 24.5 Å². The second-order valence-corrected chi connectivity index (χ2v) is 9.13. The second-order valence-electron chi connectivity index (χ2n) is 8.69. The summed E-state index contributed by atoms with van der Waals surface area (Å²) >= 11 is 5.99. The first kappa shape index (κ1) is 25.0. The van der Waals surface area contributed by atoms with Crippen LogP contribution < -0.4 is 10.8 Å². The molecule has 0 radical (unpaired) electrons. The number of esters is 1. The van der Waals surface area contributed by atoms with Gasteiger partial charge in [0.2, 0.25) is 0 Å². The molecule has 1 amide bonds. The van der Waals surface area contributed by atoms with Gasteiger partial charge in [-0.1, -0.05) is 29.2 Å². The highest BCUT2D eigenvalue weighted by Crippen LogP contribution is 2.30. The third kappa shape index (κ3) is 5.57. The lowest BCUT2D eigenvalue weighted by Gasteiger charge is -2.48. The van der Waals surface area contributed by atoms with E-state index in [1.807, 2.05) is 31.2 Å². The first-order chi connectivity index (χ1) is 16.1. The number of morpholine rings is 1. The molecule has 1 aromatic rings. The number of amides is 1. The molecule has 0 bridgehead atoms. The van der Waals surface area contributed by atoms with Crippen molar-refractivity contribution in [1.82, 2.24) is 20.6 Å². The van der Waals surface area contributed by atoms with Gasteiger partial charge in [-0.3, -0.25) is 10.2 Å². The Kier molecular flexibility index (Phi) is 7.25. The zero-order chi connectivity index (χ0) is 24.5. The fourth-order valence-corrected chi connectivity index (χ4v) is 4.78. The average Bonchev–Trinajstić information content (AvgIpc) is 3.17. The molecule has 188 valence electrons. The van der Waals surface area contributed by atoms with Crippen LogP contribution in [0.1, 0.15) is 25.3 Å². The minimum Gasteiger partial charge on any atom is -0.401 e. The molecule has 9 nitrogen and oxygen atoms in total. The van der Waals surface area contributed by atoms with Crippen molar-refractivity contribution in [1.29, 1.82) is 0 Å². The molecule has 1 aromatic carbocycles. The van der Waals surface area contributed by atoms with Gasteiger partial charge in [0.1, 0.15) is 0 Å². The Morgan fingerprint density at radius 2 is 1.94 bits per heavy atom. The highest BCUT2D eigenvalue weighted by molar-refractivity contribution is 6.30. The van der Waals surface area contributed by atoms with Crippen LogP contribution in [-0.2, 0) is 25.5 Å². The molecule has 1 unspecified atom stereocenters. The number of benzene rings is 1. The molecule has 34 heavy (non-hydrogen) atoms. The van der Waals surface area contributed by atoms with Crippen molar-refractivity contribution in [2.75, 3.05) is 26.2 Å². The average molecular weight is 507 g/mol. The normalized spacial score (nSPS) is 29.5. The molecule has 0 aromatic heterocycles. The van der Waals surface area contributed by atoms with Gasteiger partial charge < -0.3 is 14.3 Å². The molecule has 3 saturated heterocycles. The Labute approximate surface area is 199 Å². The molecule has 0 aliphatic carbocycles. The van der Waals surface area contributed by atoms with Gasteiger partial charge in [-0.25, -0.2) is 14.5 Å². The van der Waals surface area contributed by atoms with Crippen LogP contribution in [0.15, 0.2) is 24.3 Å². The Balaban J connectivity index is 1.43. The number of hydrogen-bond donors (Lipinski definition) is 2. The van der Waals surface area contributed by atoms with E-state index in [1.165, 1.54) is 4.90 Å². The monoisotopic (exact) mass is 506 g/mol. The molecule has 0 spiro atoms. The van der Waals surface area contributed by atoms with E-state index in [-0.39, 0.29) is 31.3 Å². The van der Waals surface area contributed by atoms with Gasteiger partial charge in [0, 0.05) is 36.7 Å². The number of likely N-dealkylation sites (tertiary alicyclic amines) is 1. The summed E-state index contributed by atoms with van der Waals surface area (Å²) in [5.74, 6) is -4.65. The topological polar surface area (TPSA) is 92.4 Å². The molecule has 3 atom stereocenters. The van der Waals surface area contributed by atoms with Crippen LogP contribution >= 0.6 is 11.6 Å². The van der Waals surface area contributed by atoms with Crippen LogP contribution in [0.5, 0.6) is 0 Å². The number of carbonyl (C=O) groups is 2. The minimum absolute atomic E-state index is 0.0442. The maximum Gasteiger partial charge on any atom is 0.491 e. The molecule has 3 aliphatic heterocycles. The van der Waals surface area contributed by atoms with Gasteiger partial charge in [-0.15, -0.1) is 0 Å². The minimum atomic E-state index is -5.22. The Morgan fingerprint density at radius 1 is 1.26 bits per heavy atom. The molecule has 2 N–H and O–H groups in total. The molecule has 3 heterocycles. The van der Waals surface area contributed by atoms with Gasteiger partial charge in [0.05, 0.1) is 12.7 Å². The fraction of sp³-hybridized carbons (Fsp3) is 0.619. The van der Waals surface area contributed by atoms with Crippen LogP contribution in [0, 0.1) is 0 Å². The Morgan fingerprint density at radius 3 is 2.53 bits per heavy atom. The summed E-state index contributed by atoms with van der Waals surface area (Å²) in [6.45, 7) is 3.79. The summed E-state index contributed by atoms with van der Waals surface area (Å²) in [6.07, 6.45) is -4.30. The summed E-state index contributed by atoms with van der Waals surface area (Å²) in [5, 5.41) is 2.82. The summed E-state index contributed by atoms with van der Waals surface area (Å²) < 4.78 is 49.0. The van der Waals surface area contributed by atoms with Crippen molar-refractivity contribution in [2.24, 2.45) is 0 Å². The van der Waals surface area contributed by atoms with E-state index in [9.17, 15) is 22.8 Å². The highest BCUT2D eigenvalue weighted by atomic mass is 35.5. The molecular weight excluding hydrogens is 481 g/mol. The maximum atomic E-state index is 12.8. The van der Waals surface area contributed by atoms with E-state index >= 15 is 0 Å². The molecular formula is C21H26ClF3N4O5. The maximum absolute atomic E-state index is 12.8. The Bertz CT molecular complexity index is 897. The standard InChI is InChI=1S/C21H26ClF3N4O5/c1-13-11-29(17(12-32-13)10-14-2-4-15(22)5-3-14)16-6-8-28(9-7-16)21(26-19(31)34-27-21)33-18(30)20(23,24)25/h2-5,13,16-17,27H,6-12H2,1H3,(H,26,31)/t13-,17-,21?/m0/s1. The number of piperidine rings is 1. The summed E-state index contributed by atoms with van der Waals surface area (Å²) in [7, 11) is 0. The third-order valence-corrected chi connectivity index (χ3v) is 6.55. The lowest BCUT2D eigenvalue weighted by Crippen LogP contribution is -2.68. The first-order valence-electron chi connectivity index (χ1n) is 11.0. The smallest absolute Gasteiger partial charge is 0.401 e. The number of carbonyl (C=O) groups excluding carboxylic acids is 2. The predicted molar refractivity (Wildman–Crippen MR) is 113 cm³/mol. The van der Waals surface area contributed by atoms with Crippen LogP contribution in [-0.4, -0.2) is 78.4 Å². The number of hydrogen-bond acceptors (Lipinski definition) is 8. The summed E-state index contributed by atoms with van der Waals surface area (Å²) in [4.78, 5) is 31.5. The van der Waals surface area contributed by atoms with Crippen LogP contribution in [0.2, 0.25) is 5.02 Å². The number of alkyl halides is 3. The largest absolute Gasteiger partial charge is 0.491 e. The molecule has 3 fully saturated rings. The van der Waals surface area contributed by atoms with Crippen LogP contribution in [0.25, 0.3) is 0 Å². The van der Waals surface area contributed by atoms with Crippen LogP contribution in [0.4, 0.5) is 18.0 Å².